The number of methoxy groups -OCH3 is 1. The fraction of sp³-hybridized carbons (Fsp3) is 0.360. The van der Waals surface area contributed by atoms with Gasteiger partial charge in [-0.2, -0.15) is 4.31 Å². The maximum absolute atomic E-state index is 13.1. The SMILES string of the molecule is COc1cccc(C(CN2CCN(S(=O)(=O)c3cc(Cl)sc3Cl)CC2)OCc2ccc(C)cc2)c1. The van der Waals surface area contributed by atoms with E-state index in [1.807, 2.05) is 24.3 Å². The molecular weight excluding hydrogens is 527 g/mol. The van der Waals surface area contributed by atoms with Crippen LogP contribution in [0.4, 0.5) is 0 Å². The van der Waals surface area contributed by atoms with Gasteiger partial charge in [-0.05, 0) is 36.2 Å². The second-order valence-electron chi connectivity index (χ2n) is 8.46. The highest BCUT2D eigenvalue weighted by molar-refractivity contribution is 7.89. The minimum Gasteiger partial charge on any atom is -0.497 e. The number of hydrogen-bond donors (Lipinski definition) is 0. The predicted molar refractivity (Wildman–Crippen MR) is 141 cm³/mol. The Labute approximate surface area is 221 Å². The molecule has 188 valence electrons. The van der Waals surface area contributed by atoms with Crippen LogP contribution in [0, 0.1) is 6.92 Å². The van der Waals surface area contributed by atoms with Gasteiger partial charge < -0.3 is 9.47 Å². The Hall–Kier alpha value is -1.65. The molecule has 1 unspecified atom stereocenters. The molecule has 0 N–H and O–H groups in total. The quantitative estimate of drug-likeness (QED) is 0.342. The Bertz CT molecular complexity index is 1240. The monoisotopic (exact) mass is 554 g/mol. The lowest BCUT2D eigenvalue weighted by Crippen LogP contribution is -2.49. The van der Waals surface area contributed by atoms with Gasteiger partial charge in [0.25, 0.3) is 0 Å². The lowest BCUT2D eigenvalue weighted by molar-refractivity contribution is 0.00763. The molecule has 6 nitrogen and oxygen atoms in total. The third-order valence-electron chi connectivity index (χ3n) is 6.04. The van der Waals surface area contributed by atoms with Crippen molar-refractivity contribution in [2.75, 3.05) is 39.8 Å². The van der Waals surface area contributed by atoms with Crippen LogP contribution in [0.5, 0.6) is 5.75 Å². The Morgan fingerprint density at radius 1 is 1.03 bits per heavy atom. The first-order chi connectivity index (χ1) is 16.8. The average Bonchev–Trinajstić information content (AvgIpc) is 3.21. The molecule has 3 aromatic rings. The van der Waals surface area contributed by atoms with Gasteiger partial charge in [0.1, 0.15) is 15.0 Å². The van der Waals surface area contributed by atoms with Crippen LogP contribution in [0.2, 0.25) is 8.67 Å². The summed E-state index contributed by atoms with van der Waals surface area (Å²) < 4.78 is 39.9. The topological polar surface area (TPSA) is 59.1 Å². The highest BCUT2D eigenvalue weighted by Gasteiger charge is 2.32. The molecule has 10 heteroatoms. The van der Waals surface area contributed by atoms with E-state index in [0.717, 1.165) is 28.2 Å². The zero-order valence-corrected chi connectivity index (χ0v) is 22.8. The third kappa shape index (κ3) is 6.57. The summed E-state index contributed by atoms with van der Waals surface area (Å²) in [4.78, 5) is 2.31. The summed E-state index contributed by atoms with van der Waals surface area (Å²) in [6.07, 6.45) is -0.195. The van der Waals surface area contributed by atoms with Crippen molar-refractivity contribution >= 4 is 44.6 Å². The smallest absolute Gasteiger partial charge is 0.245 e. The minimum atomic E-state index is -3.68. The van der Waals surface area contributed by atoms with Crippen LogP contribution in [0.25, 0.3) is 0 Å². The predicted octanol–water partition coefficient (Wildman–Crippen LogP) is 5.64. The van der Waals surface area contributed by atoms with Crippen molar-refractivity contribution in [1.82, 2.24) is 9.21 Å². The summed E-state index contributed by atoms with van der Waals surface area (Å²) in [5.41, 5.74) is 3.33. The van der Waals surface area contributed by atoms with Crippen LogP contribution in [0.15, 0.2) is 59.5 Å². The number of halogens is 2. The van der Waals surface area contributed by atoms with Crippen LogP contribution >= 0.6 is 34.5 Å². The van der Waals surface area contributed by atoms with Gasteiger partial charge in [0.05, 0.1) is 24.2 Å². The molecule has 0 saturated carbocycles. The highest BCUT2D eigenvalue weighted by Crippen LogP contribution is 2.36. The molecule has 0 radical (unpaired) electrons. The largest absolute Gasteiger partial charge is 0.497 e. The molecule has 0 bridgehead atoms. The van der Waals surface area contributed by atoms with Gasteiger partial charge in [-0.15, -0.1) is 11.3 Å². The van der Waals surface area contributed by atoms with Crippen molar-refractivity contribution in [2.24, 2.45) is 0 Å². The fourth-order valence-corrected chi connectivity index (χ4v) is 7.54. The number of benzene rings is 2. The summed E-state index contributed by atoms with van der Waals surface area (Å²) in [5, 5.41) is 0. The van der Waals surface area contributed by atoms with Gasteiger partial charge in [-0.3, -0.25) is 4.90 Å². The standard InChI is InChI=1S/C25H28Cl2N2O4S2/c1-18-6-8-19(9-7-18)17-33-22(20-4-3-5-21(14-20)32-2)16-28-10-12-29(13-11-28)35(30,31)23-15-24(26)34-25(23)27/h3-9,14-15,22H,10-13,16-17H2,1-2H3. The molecule has 0 amide bonds. The molecule has 1 aliphatic rings. The lowest BCUT2D eigenvalue weighted by atomic mass is 10.1. The molecule has 2 heterocycles. The number of aryl methyl sites for hydroxylation is 1. The number of sulfonamides is 1. The second-order valence-corrected chi connectivity index (χ2v) is 12.6. The van der Waals surface area contributed by atoms with E-state index in [-0.39, 0.29) is 15.3 Å². The molecular formula is C25H28Cl2N2O4S2. The Balaban J connectivity index is 1.44. The van der Waals surface area contributed by atoms with Crippen LogP contribution in [-0.2, 0) is 21.4 Å². The minimum absolute atomic E-state index is 0.0818. The molecule has 2 aromatic carbocycles. The maximum Gasteiger partial charge on any atom is 0.245 e. The zero-order valence-electron chi connectivity index (χ0n) is 19.6. The lowest BCUT2D eigenvalue weighted by Gasteiger charge is -2.35. The van der Waals surface area contributed by atoms with E-state index < -0.39 is 10.0 Å². The Morgan fingerprint density at radius 2 is 1.74 bits per heavy atom. The van der Waals surface area contributed by atoms with Crippen molar-refractivity contribution in [3.8, 4) is 5.75 Å². The Morgan fingerprint density at radius 3 is 2.37 bits per heavy atom. The number of rotatable bonds is 9. The van der Waals surface area contributed by atoms with Crippen molar-refractivity contribution in [1.29, 1.82) is 0 Å². The van der Waals surface area contributed by atoms with E-state index in [1.54, 1.807) is 7.11 Å². The zero-order chi connectivity index (χ0) is 25.0. The Kier molecular flexibility index (Phi) is 8.76. The number of ether oxygens (including phenoxy) is 2. The van der Waals surface area contributed by atoms with E-state index in [1.165, 1.54) is 15.9 Å². The molecule has 1 atom stereocenters. The van der Waals surface area contributed by atoms with E-state index in [0.29, 0.717) is 43.7 Å². The molecule has 1 aliphatic heterocycles. The molecule has 1 saturated heterocycles. The number of hydrogen-bond acceptors (Lipinski definition) is 6. The van der Waals surface area contributed by atoms with Crippen LogP contribution in [-0.4, -0.2) is 57.5 Å². The molecule has 4 rings (SSSR count). The summed E-state index contributed by atoms with van der Waals surface area (Å²) in [5.74, 6) is 0.772. The summed E-state index contributed by atoms with van der Waals surface area (Å²) >= 11 is 13.2. The highest BCUT2D eigenvalue weighted by atomic mass is 35.5. The maximum atomic E-state index is 13.1. The van der Waals surface area contributed by atoms with E-state index in [9.17, 15) is 8.42 Å². The van der Waals surface area contributed by atoms with Crippen molar-refractivity contribution in [3.63, 3.8) is 0 Å². The number of piperazine rings is 1. The van der Waals surface area contributed by atoms with Crippen LogP contribution < -0.4 is 4.74 Å². The normalized spacial score (nSPS) is 16.3. The number of nitrogens with zero attached hydrogens (tertiary/aromatic N) is 2. The number of thiophene rings is 1. The van der Waals surface area contributed by atoms with Gasteiger partial charge in [-0.1, -0.05) is 65.2 Å². The van der Waals surface area contributed by atoms with E-state index in [2.05, 4.69) is 36.1 Å². The summed E-state index contributed by atoms with van der Waals surface area (Å²) in [6, 6.07) is 17.6. The second kappa shape index (κ2) is 11.6. The molecule has 0 aliphatic carbocycles. The first-order valence-electron chi connectivity index (χ1n) is 11.2. The van der Waals surface area contributed by atoms with E-state index in [4.69, 9.17) is 32.7 Å². The summed E-state index contributed by atoms with van der Waals surface area (Å²) in [7, 11) is -2.04. The van der Waals surface area contributed by atoms with Crippen molar-refractivity contribution in [2.45, 2.75) is 24.5 Å². The molecule has 1 fully saturated rings. The molecule has 1 aromatic heterocycles. The average molecular weight is 556 g/mol. The third-order valence-corrected chi connectivity index (χ3v) is 9.69. The van der Waals surface area contributed by atoms with Crippen LogP contribution in [0.3, 0.4) is 0 Å². The van der Waals surface area contributed by atoms with Gasteiger partial charge in [0.15, 0.2) is 0 Å². The van der Waals surface area contributed by atoms with Crippen molar-refractivity contribution < 1.29 is 17.9 Å². The molecule has 35 heavy (non-hydrogen) atoms. The first kappa shape index (κ1) is 26.4. The van der Waals surface area contributed by atoms with E-state index >= 15 is 0 Å². The fourth-order valence-electron chi connectivity index (χ4n) is 4.00. The van der Waals surface area contributed by atoms with Gasteiger partial charge in [-0.25, -0.2) is 8.42 Å². The molecule has 0 spiro atoms. The summed E-state index contributed by atoms with van der Waals surface area (Å²) in [6.45, 7) is 5.09. The van der Waals surface area contributed by atoms with Crippen LogP contribution in [0.1, 0.15) is 22.8 Å². The van der Waals surface area contributed by atoms with Gasteiger partial charge in [0, 0.05) is 32.7 Å². The van der Waals surface area contributed by atoms with Gasteiger partial charge in [0.2, 0.25) is 10.0 Å². The van der Waals surface area contributed by atoms with Gasteiger partial charge >= 0.3 is 0 Å². The first-order valence-corrected chi connectivity index (χ1v) is 14.3. The van der Waals surface area contributed by atoms with Crippen molar-refractivity contribution in [3.05, 3.63) is 80.0 Å².